The third kappa shape index (κ3) is 2.77. The molecule has 114 valence electrons. The van der Waals surface area contributed by atoms with E-state index in [1.807, 2.05) is 6.07 Å². The Kier molecular flexibility index (Phi) is 3.78. The highest BCUT2D eigenvalue weighted by Gasteiger charge is 2.46. The first-order valence-electron chi connectivity index (χ1n) is 7.18. The molecule has 0 radical (unpaired) electrons. The summed E-state index contributed by atoms with van der Waals surface area (Å²) in [5.74, 6) is -1.27. The maximum Gasteiger partial charge on any atom is 0.329 e. The van der Waals surface area contributed by atoms with Crippen molar-refractivity contribution in [3.8, 4) is 0 Å². The number of carboxylic acids is 1. The summed E-state index contributed by atoms with van der Waals surface area (Å²) in [4.78, 5) is 29.6. The quantitative estimate of drug-likeness (QED) is 0.908. The molecule has 21 heavy (non-hydrogen) atoms. The van der Waals surface area contributed by atoms with Gasteiger partial charge in [-0.2, -0.15) is 0 Å². The predicted octanol–water partition coefficient (Wildman–Crippen LogP) is 2.46. The zero-order valence-electron chi connectivity index (χ0n) is 13.0. The molecule has 5 heteroatoms. The Hall–Kier alpha value is -1.91. The van der Waals surface area contributed by atoms with Crippen LogP contribution in [-0.2, 0) is 10.2 Å². The van der Waals surface area contributed by atoms with Gasteiger partial charge in [-0.3, -0.25) is 9.78 Å². The Morgan fingerprint density at radius 3 is 2.48 bits per heavy atom. The van der Waals surface area contributed by atoms with E-state index in [2.05, 4.69) is 25.8 Å². The zero-order chi connectivity index (χ0) is 15.8. The lowest BCUT2D eigenvalue weighted by atomic mass is 9.88. The van der Waals surface area contributed by atoms with E-state index in [1.54, 1.807) is 19.2 Å². The van der Waals surface area contributed by atoms with Crippen molar-refractivity contribution in [1.82, 2.24) is 9.88 Å². The van der Waals surface area contributed by atoms with Gasteiger partial charge in [0.15, 0.2) is 0 Å². The van der Waals surface area contributed by atoms with Gasteiger partial charge < -0.3 is 10.0 Å². The molecule has 1 amide bonds. The minimum Gasteiger partial charge on any atom is -0.480 e. The second-order valence-electron chi connectivity index (χ2n) is 6.82. The number of carboxylic acid groups (broad SMARTS) is 1. The highest BCUT2D eigenvalue weighted by Crippen LogP contribution is 2.30. The standard InChI is InChI=1S/C16H22N2O3/c1-15(2,3)11-6-7-12(17-10-11)13(19)18-9-5-8-16(18,4)14(20)21/h6-7,10H,5,8-9H2,1-4H3,(H,20,21). The van der Waals surface area contributed by atoms with E-state index >= 15 is 0 Å². The van der Waals surface area contributed by atoms with Crippen LogP contribution < -0.4 is 0 Å². The number of hydrogen-bond donors (Lipinski definition) is 1. The van der Waals surface area contributed by atoms with Crippen LogP contribution in [0.2, 0.25) is 0 Å². The lowest BCUT2D eigenvalue weighted by molar-refractivity contribution is -0.147. The van der Waals surface area contributed by atoms with Crippen molar-refractivity contribution in [3.05, 3.63) is 29.6 Å². The Balaban J connectivity index is 2.26. The Morgan fingerprint density at radius 2 is 2.00 bits per heavy atom. The molecular formula is C16H22N2O3. The van der Waals surface area contributed by atoms with E-state index in [9.17, 15) is 14.7 Å². The molecule has 1 aromatic rings. The highest BCUT2D eigenvalue weighted by atomic mass is 16.4. The van der Waals surface area contributed by atoms with Crippen molar-refractivity contribution in [2.45, 2.75) is 51.5 Å². The first kappa shape index (κ1) is 15.5. The summed E-state index contributed by atoms with van der Waals surface area (Å²) >= 11 is 0. The fourth-order valence-electron chi connectivity index (χ4n) is 2.61. The van der Waals surface area contributed by atoms with E-state index in [-0.39, 0.29) is 11.3 Å². The van der Waals surface area contributed by atoms with Gasteiger partial charge in [-0.1, -0.05) is 26.8 Å². The van der Waals surface area contributed by atoms with Gasteiger partial charge in [0.25, 0.3) is 5.91 Å². The third-order valence-corrected chi connectivity index (χ3v) is 4.20. The van der Waals surface area contributed by atoms with Gasteiger partial charge in [-0.05, 0) is 36.8 Å². The molecule has 0 saturated carbocycles. The van der Waals surface area contributed by atoms with Crippen molar-refractivity contribution in [2.75, 3.05) is 6.54 Å². The van der Waals surface area contributed by atoms with Gasteiger partial charge in [0.1, 0.15) is 11.2 Å². The summed E-state index contributed by atoms with van der Waals surface area (Å²) in [5.41, 5.74) is 0.193. The number of likely N-dealkylation sites (tertiary alicyclic amines) is 1. The zero-order valence-corrected chi connectivity index (χ0v) is 13.0. The number of carbonyl (C=O) groups is 2. The Labute approximate surface area is 125 Å². The minimum absolute atomic E-state index is 0.0300. The summed E-state index contributed by atoms with van der Waals surface area (Å²) in [6.45, 7) is 8.29. The molecule has 1 unspecified atom stereocenters. The monoisotopic (exact) mass is 290 g/mol. The van der Waals surface area contributed by atoms with Crippen molar-refractivity contribution in [1.29, 1.82) is 0 Å². The fourth-order valence-corrected chi connectivity index (χ4v) is 2.61. The first-order valence-corrected chi connectivity index (χ1v) is 7.18. The first-order chi connectivity index (χ1) is 9.66. The van der Waals surface area contributed by atoms with Gasteiger partial charge >= 0.3 is 5.97 Å². The largest absolute Gasteiger partial charge is 0.480 e. The molecule has 0 aliphatic carbocycles. The van der Waals surface area contributed by atoms with Gasteiger partial charge in [-0.15, -0.1) is 0 Å². The second kappa shape index (κ2) is 5.13. The van der Waals surface area contributed by atoms with Gasteiger partial charge in [-0.25, -0.2) is 4.79 Å². The maximum absolute atomic E-state index is 12.5. The maximum atomic E-state index is 12.5. The number of carbonyl (C=O) groups excluding carboxylic acids is 1. The molecule has 1 fully saturated rings. The van der Waals surface area contributed by atoms with Crippen LogP contribution in [0.5, 0.6) is 0 Å². The summed E-state index contributed by atoms with van der Waals surface area (Å²) in [6, 6.07) is 3.57. The molecule has 1 aromatic heterocycles. The van der Waals surface area contributed by atoms with E-state index < -0.39 is 11.5 Å². The molecule has 0 aromatic carbocycles. The van der Waals surface area contributed by atoms with Gasteiger partial charge in [0.2, 0.25) is 0 Å². The predicted molar refractivity (Wildman–Crippen MR) is 79.2 cm³/mol. The van der Waals surface area contributed by atoms with Crippen LogP contribution in [0.15, 0.2) is 18.3 Å². The number of aromatic nitrogens is 1. The smallest absolute Gasteiger partial charge is 0.329 e. The van der Waals surface area contributed by atoms with Crippen molar-refractivity contribution < 1.29 is 14.7 Å². The Bertz CT molecular complexity index is 560. The van der Waals surface area contributed by atoms with Gasteiger partial charge in [0.05, 0.1) is 0 Å². The van der Waals surface area contributed by atoms with E-state index in [1.165, 1.54) is 4.90 Å². The molecule has 1 atom stereocenters. The van der Waals surface area contributed by atoms with Crippen LogP contribution >= 0.6 is 0 Å². The van der Waals surface area contributed by atoms with E-state index in [0.717, 1.165) is 5.56 Å². The van der Waals surface area contributed by atoms with Crippen LogP contribution in [0.25, 0.3) is 0 Å². The van der Waals surface area contributed by atoms with Crippen LogP contribution in [0.3, 0.4) is 0 Å². The van der Waals surface area contributed by atoms with E-state index in [0.29, 0.717) is 25.1 Å². The van der Waals surface area contributed by atoms with Gasteiger partial charge in [0, 0.05) is 12.7 Å². The molecule has 1 N–H and O–H groups in total. The number of pyridine rings is 1. The molecule has 1 aliphatic heterocycles. The summed E-state index contributed by atoms with van der Waals surface area (Å²) in [7, 11) is 0. The average molecular weight is 290 g/mol. The summed E-state index contributed by atoms with van der Waals surface area (Å²) < 4.78 is 0. The third-order valence-electron chi connectivity index (χ3n) is 4.20. The average Bonchev–Trinajstić information content (AvgIpc) is 2.80. The fraction of sp³-hybridized carbons (Fsp3) is 0.562. The van der Waals surface area contributed by atoms with Crippen LogP contribution in [0.1, 0.15) is 56.6 Å². The molecule has 5 nitrogen and oxygen atoms in total. The minimum atomic E-state index is -1.12. The summed E-state index contributed by atoms with van der Waals surface area (Å²) in [5, 5.41) is 9.38. The van der Waals surface area contributed by atoms with Crippen LogP contribution in [0, 0.1) is 0 Å². The van der Waals surface area contributed by atoms with Crippen LogP contribution in [0.4, 0.5) is 0 Å². The molecule has 2 rings (SSSR count). The number of rotatable bonds is 2. The van der Waals surface area contributed by atoms with Crippen LogP contribution in [-0.4, -0.2) is 39.0 Å². The molecular weight excluding hydrogens is 268 g/mol. The molecule has 2 heterocycles. The normalized spacial score (nSPS) is 22.4. The molecule has 0 bridgehead atoms. The molecule has 1 saturated heterocycles. The number of aliphatic carboxylic acids is 1. The van der Waals surface area contributed by atoms with Crippen molar-refractivity contribution in [2.24, 2.45) is 0 Å². The topological polar surface area (TPSA) is 70.5 Å². The lowest BCUT2D eigenvalue weighted by Crippen LogP contribution is -2.50. The Morgan fingerprint density at radius 1 is 1.33 bits per heavy atom. The molecule has 0 spiro atoms. The SMILES string of the molecule is CC(C)(C)c1ccc(C(=O)N2CCCC2(C)C(=O)O)nc1. The second-order valence-corrected chi connectivity index (χ2v) is 6.82. The number of nitrogens with zero attached hydrogens (tertiary/aromatic N) is 2. The number of amides is 1. The highest BCUT2D eigenvalue weighted by molar-refractivity contribution is 5.96. The van der Waals surface area contributed by atoms with Crippen molar-refractivity contribution >= 4 is 11.9 Å². The lowest BCUT2D eigenvalue weighted by Gasteiger charge is -2.31. The molecule has 1 aliphatic rings. The number of hydrogen-bond acceptors (Lipinski definition) is 3. The summed E-state index contributed by atoms with van der Waals surface area (Å²) in [6.07, 6.45) is 2.88. The van der Waals surface area contributed by atoms with E-state index in [4.69, 9.17) is 0 Å². The van der Waals surface area contributed by atoms with Crippen molar-refractivity contribution in [3.63, 3.8) is 0 Å².